The lowest BCUT2D eigenvalue weighted by Gasteiger charge is -2.18. The van der Waals surface area contributed by atoms with Crippen molar-refractivity contribution in [3.8, 4) is 5.75 Å². The maximum Gasteiger partial charge on any atom is 0.120 e. The van der Waals surface area contributed by atoms with Gasteiger partial charge in [0, 0.05) is 30.9 Å². The topological polar surface area (TPSA) is 59.3 Å². The van der Waals surface area contributed by atoms with Gasteiger partial charge in [-0.2, -0.15) is 5.10 Å². The molecule has 2 unspecified atom stereocenters. The fourth-order valence-corrected chi connectivity index (χ4v) is 2.52. The Labute approximate surface area is 138 Å². The minimum atomic E-state index is -0.579. The van der Waals surface area contributed by atoms with Crippen molar-refractivity contribution in [2.24, 2.45) is 7.05 Å². The third kappa shape index (κ3) is 4.56. The van der Waals surface area contributed by atoms with Gasteiger partial charge in [-0.1, -0.05) is 12.1 Å². The van der Waals surface area contributed by atoms with Crippen LogP contribution in [0.4, 0.5) is 0 Å². The number of hydrogen-bond donors (Lipinski definition) is 2. The Morgan fingerprint density at radius 1 is 1.30 bits per heavy atom. The summed E-state index contributed by atoms with van der Waals surface area (Å²) in [6.07, 6.45) is 1.41. The lowest BCUT2D eigenvalue weighted by Crippen LogP contribution is -2.25. The van der Waals surface area contributed by atoms with Crippen LogP contribution < -0.4 is 10.1 Å². The first-order chi connectivity index (χ1) is 10.9. The third-order valence-electron chi connectivity index (χ3n) is 3.97. The van der Waals surface area contributed by atoms with Crippen molar-refractivity contribution in [2.75, 3.05) is 6.54 Å². The fraction of sp³-hybridized carbons (Fsp3) is 0.500. The largest absolute Gasteiger partial charge is 0.491 e. The van der Waals surface area contributed by atoms with Crippen molar-refractivity contribution in [3.63, 3.8) is 0 Å². The number of nitrogens with one attached hydrogen (secondary N) is 1. The zero-order valence-corrected chi connectivity index (χ0v) is 14.6. The summed E-state index contributed by atoms with van der Waals surface area (Å²) in [5, 5.41) is 18.0. The first-order valence-corrected chi connectivity index (χ1v) is 8.05. The van der Waals surface area contributed by atoms with Crippen LogP contribution in [0.25, 0.3) is 0 Å². The van der Waals surface area contributed by atoms with Gasteiger partial charge in [0.25, 0.3) is 0 Å². The molecule has 0 aliphatic heterocycles. The van der Waals surface area contributed by atoms with Crippen LogP contribution in [0, 0.1) is 6.92 Å². The molecular weight excluding hydrogens is 290 g/mol. The van der Waals surface area contributed by atoms with Crippen molar-refractivity contribution >= 4 is 0 Å². The van der Waals surface area contributed by atoms with Gasteiger partial charge in [-0.3, -0.25) is 4.68 Å². The maximum atomic E-state index is 10.4. The molecule has 2 N–H and O–H groups in total. The van der Waals surface area contributed by atoms with Gasteiger partial charge in [0.15, 0.2) is 0 Å². The lowest BCUT2D eigenvalue weighted by molar-refractivity contribution is 0.169. The van der Waals surface area contributed by atoms with E-state index in [0.29, 0.717) is 6.54 Å². The van der Waals surface area contributed by atoms with Crippen LogP contribution in [0.5, 0.6) is 5.75 Å². The Morgan fingerprint density at radius 3 is 2.65 bits per heavy atom. The van der Waals surface area contributed by atoms with E-state index < -0.39 is 6.10 Å². The molecule has 0 fully saturated rings. The van der Waals surface area contributed by atoms with Gasteiger partial charge >= 0.3 is 0 Å². The highest BCUT2D eigenvalue weighted by molar-refractivity contribution is 5.30. The van der Waals surface area contributed by atoms with Gasteiger partial charge in [-0.25, -0.2) is 0 Å². The maximum absolute atomic E-state index is 10.4. The van der Waals surface area contributed by atoms with Gasteiger partial charge in [0.05, 0.1) is 18.4 Å². The molecule has 1 aromatic heterocycles. The summed E-state index contributed by atoms with van der Waals surface area (Å²) in [5.74, 6) is 0.785. The van der Waals surface area contributed by atoms with Crippen LogP contribution in [-0.4, -0.2) is 27.5 Å². The Kier molecular flexibility index (Phi) is 5.80. The minimum absolute atomic E-state index is 0.120. The Bertz CT molecular complexity index is 637. The fourth-order valence-electron chi connectivity index (χ4n) is 2.52. The van der Waals surface area contributed by atoms with E-state index in [1.807, 2.05) is 63.0 Å². The van der Waals surface area contributed by atoms with Crippen LogP contribution in [-0.2, 0) is 7.05 Å². The molecule has 0 bridgehead atoms. The molecule has 0 aliphatic carbocycles. The first kappa shape index (κ1) is 17.5. The second kappa shape index (κ2) is 7.62. The summed E-state index contributed by atoms with van der Waals surface area (Å²) in [7, 11) is 1.93. The van der Waals surface area contributed by atoms with E-state index >= 15 is 0 Å². The van der Waals surface area contributed by atoms with Crippen LogP contribution in [0.2, 0.25) is 0 Å². The summed E-state index contributed by atoms with van der Waals surface area (Å²) < 4.78 is 7.53. The minimum Gasteiger partial charge on any atom is -0.491 e. The molecule has 2 rings (SSSR count). The van der Waals surface area contributed by atoms with Gasteiger partial charge in [-0.15, -0.1) is 0 Å². The van der Waals surface area contributed by atoms with Gasteiger partial charge in [-0.05, 0) is 45.4 Å². The van der Waals surface area contributed by atoms with E-state index in [2.05, 4.69) is 17.3 Å². The number of nitrogens with zero attached hydrogens (tertiary/aromatic N) is 2. The quantitative estimate of drug-likeness (QED) is 0.824. The summed E-state index contributed by atoms with van der Waals surface area (Å²) in [6, 6.07) is 7.76. The van der Waals surface area contributed by atoms with E-state index in [0.717, 1.165) is 22.6 Å². The molecule has 1 aromatic carbocycles. The van der Waals surface area contributed by atoms with E-state index in [4.69, 9.17) is 4.74 Å². The molecule has 2 atom stereocenters. The van der Waals surface area contributed by atoms with E-state index in [1.165, 1.54) is 0 Å². The van der Waals surface area contributed by atoms with Crippen LogP contribution >= 0.6 is 0 Å². The standard InChI is InChI=1S/C18H27N3O2/c1-12(2)23-16-8-6-7-15(9-16)18(22)11-19-13(3)17-10-20-21(5)14(17)4/h6-10,12-13,18-19,22H,11H2,1-5H3. The molecule has 5 nitrogen and oxygen atoms in total. The molecule has 1 heterocycles. The number of aliphatic hydroxyl groups excluding tert-OH is 1. The number of rotatable bonds is 7. The molecule has 0 saturated carbocycles. The number of benzene rings is 1. The highest BCUT2D eigenvalue weighted by atomic mass is 16.5. The molecule has 0 spiro atoms. The predicted octanol–water partition coefficient (Wildman–Crippen LogP) is 2.90. The Balaban J connectivity index is 1.96. The van der Waals surface area contributed by atoms with Crippen LogP contribution in [0.3, 0.4) is 0 Å². The highest BCUT2D eigenvalue weighted by Gasteiger charge is 2.14. The molecule has 5 heteroatoms. The van der Waals surface area contributed by atoms with E-state index in [9.17, 15) is 5.11 Å². The van der Waals surface area contributed by atoms with Crippen molar-refractivity contribution < 1.29 is 9.84 Å². The third-order valence-corrected chi connectivity index (χ3v) is 3.97. The highest BCUT2D eigenvalue weighted by Crippen LogP contribution is 2.21. The van der Waals surface area contributed by atoms with Gasteiger partial charge in [0.2, 0.25) is 0 Å². The Hall–Kier alpha value is -1.85. The summed E-state index contributed by atoms with van der Waals surface area (Å²) in [4.78, 5) is 0. The molecule has 126 valence electrons. The number of aliphatic hydroxyl groups is 1. The predicted molar refractivity (Wildman–Crippen MR) is 91.5 cm³/mol. The molecule has 0 amide bonds. The van der Waals surface area contributed by atoms with Crippen molar-refractivity contribution in [1.82, 2.24) is 15.1 Å². The van der Waals surface area contributed by atoms with Crippen LogP contribution in [0.1, 0.15) is 49.7 Å². The molecule has 23 heavy (non-hydrogen) atoms. The van der Waals surface area contributed by atoms with Crippen molar-refractivity contribution in [3.05, 3.63) is 47.3 Å². The SMILES string of the molecule is Cc1c(C(C)NCC(O)c2cccc(OC(C)C)c2)cnn1C. The monoisotopic (exact) mass is 317 g/mol. The van der Waals surface area contributed by atoms with Crippen LogP contribution in [0.15, 0.2) is 30.5 Å². The second-order valence-electron chi connectivity index (χ2n) is 6.19. The zero-order chi connectivity index (χ0) is 17.0. The average molecular weight is 317 g/mol. The molecule has 0 radical (unpaired) electrons. The number of ether oxygens (including phenoxy) is 1. The smallest absolute Gasteiger partial charge is 0.120 e. The zero-order valence-electron chi connectivity index (χ0n) is 14.6. The summed E-state index contributed by atoms with van der Waals surface area (Å²) in [5.41, 5.74) is 3.13. The second-order valence-corrected chi connectivity index (χ2v) is 6.19. The number of aromatic nitrogens is 2. The molecular formula is C18H27N3O2. The van der Waals surface area contributed by atoms with E-state index in [-0.39, 0.29) is 12.1 Å². The molecule has 2 aromatic rings. The van der Waals surface area contributed by atoms with Crippen molar-refractivity contribution in [1.29, 1.82) is 0 Å². The summed E-state index contributed by atoms with van der Waals surface area (Å²) >= 11 is 0. The molecule has 0 saturated heterocycles. The van der Waals surface area contributed by atoms with Crippen molar-refractivity contribution in [2.45, 2.75) is 45.9 Å². The molecule has 0 aliphatic rings. The van der Waals surface area contributed by atoms with E-state index in [1.54, 1.807) is 0 Å². The average Bonchev–Trinajstić information content (AvgIpc) is 2.84. The number of hydrogen-bond acceptors (Lipinski definition) is 4. The van der Waals surface area contributed by atoms with Gasteiger partial charge < -0.3 is 15.2 Å². The normalized spacial score (nSPS) is 14.0. The Morgan fingerprint density at radius 2 is 2.04 bits per heavy atom. The summed E-state index contributed by atoms with van der Waals surface area (Å²) in [6.45, 7) is 8.57. The first-order valence-electron chi connectivity index (χ1n) is 8.05. The number of aryl methyl sites for hydroxylation is 1. The lowest BCUT2D eigenvalue weighted by atomic mass is 10.1. The van der Waals surface area contributed by atoms with Gasteiger partial charge in [0.1, 0.15) is 5.75 Å².